The van der Waals surface area contributed by atoms with Crippen LogP contribution in [-0.2, 0) is 19.6 Å². The number of hydrogen-bond acceptors (Lipinski definition) is 7. The van der Waals surface area contributed by atoms with E-state index >= 15 is 0 Å². The number of thioether (sulfide) groups is 1. The molecule has 0 bridgehead atoms. The molecule has 1 N–H and O–H groups in total. The maximum atomic E-state index is 12.5. The Bertz CT molecular complexity index is 747. The van der Waals surface area contributed by atoms with Crippen molar-refractivity contribution in [3.05, 3.63) is 18.3 Å². The Morgan fingerprint density at radius 2 is 2.04 bits per heavy atom. The van der Waals surface area contributed by atoms with Crippen LogP contribution in [0.2, 0.25) is 0 Å². The van der Waals surface area contributed by atoms with Gasteiger partial charge in [-0.15, -0.1) is 0 Å². The normalized spacial score (nSPS) is 19.0. The van der Waals surface area contributed by atoms with Crippen LogP contribution in [0.1, 0.15) is 0 Å². The van der Waals surface area contributed by atoms with Crippen LogP contribution in [0.15, 0.2) is 28.3 Å². The minimum Gasteiger partial charge on any atom is -0.379 e. The van der Waals surface area contributed by atoms with Gasteiger partial charge < -0.3 is 10.1 Å². The largest absolute Gasteiger partial charge is 0.379 e. The van der Waals surface area contributed by atoms with Crippen molar-refractivity contribution < 1.29 is 22.7 Å². The van der Waals surface area contributed by atoms with Crippen molar-refractivity contribution in [2.75, 3.05) is 45.1 Å². The number of morpholine rings is 1. The van der Waals surface area contributed by atoms with E-state index in [9.17, 15) is 18.0 Å². The zero-order valence-electron chi connectivity index (χ0n) is 13.4. The smallest absolute Gasteiger partial charge is 0.324 e. The Labute approximate surface area is 149 Å². The van der Waals surface area contributed by atoms with Gasteiger partial charge in [0.15, 0.2) is 0 Å². The molecule has 11 heteroatoms. The number of urea groups is 1. The molecule has 3 heterocycles. The number of nitrogens with zero attached hydrogens (tertiary/aromatic N) is 3. The van der Waals surface area contributed by atoms with Gasteiger partial charge in [0.1, 0.15) is 4.90 Å². The van der Waals surface area contributed by atoms with Gasteiger partial charge in [-0.05, 0) is 12.1 Å². The first kappa shape index (κ1) is 18.1. The molecule has 1 aromatic heterocycles. The van der Waals surface area contributed by atoms with Crippen molar-refractivity contribution in [2.45, 2.75) is 9.92 Å². The molecule has 136 valence electrons. The van der Waals surface area contributed by atoms with Crippen LogP contribution in [-0.4, -0.2) is 79.7 Å². The zero-order valence-corrected chi connectivity index (χ0v) is 15.0. The van der Waals surface area contributed by atoms with E-state index in [0.29, 0.717) is 44.4 Å². The highest BCUT2D eigenvalue weighted by molar-refractivity contribution is 7.99. The molecule has 3 rings (SSSR count). The van der Waals surface area contributed by atoms with Gasteiger partial charge in [-0.2, -0.15) is 4.31 Å². The van der Waals surface area contributed by atoms with Gasteiger partial charge in [0, 0.05) is 32.4 Å². The first-order valence-corrected chi connectivity index (χ1v) is 10.2. The lowest BCUT2D eigenvalue weighted by Crippen LogP contribution is -2.40. The van der Waals surface area contributed by atoms with Gasteiger partial charge >= 0.3 is 6.03 Å². The molecule has 9 nitrogen and oxygen atoms in total. The molecule has 2 aliphatic rings. The summed E-state index contributed by atoms with van der Waals surface area (Å²) >= 11 is 1.16. The van der Waals surface area contributed by atoms with E-state index in [-0.39, 0.29) is 22.6 Å². The summed E-state index contributed by atoms with van der Waals surface area (Å²) < 4.78 is 31.5. The van der Waals surface area contributed by atoms with Crippen LogP contribution >= 0.6 is 11.8 Å². The molecule has 0 radical (unpaired) electrons. The molecular formula is C14H18N4O5S2. The van der Waals surface area contributed by atoms with Crippen molar-refractivity contribution in [3.63, 3.8) is 0 Å². The number of rotatable bonds is 5. The van der Waals surface area contributed by atoms with E-state index in [1.165, 1.54) is 16.6 Å². The monoisotopic (exact) mass is 386 g/mol. The van der Waals surface area contributed by atoms with E-state index in [4.69, 9.17) is 4.74 Å². The Hall–Kier alpha value is -1.69. The van der Waals surface area contributed by atoms with Gasteiger partial charge in [-0.25, -0.2) is 18.2 Å². The highest BCUT2D eigenvalue weighted by Crippen LogP contribution is 2.21. The number of aromatic nitrogens is 1. The minimum absolute atomic E-state index is 0.0655. The summed E-state index contributed by atoms with van der Waals surface area (Å²) in [7, 11) is -3.58. The Morgan fingerprint density at radius 3 is 2.64 bits per heavy atom. The first-order valence-electron chi connectivity index (χ1n) is 7.73. The number of pyridine rings is 1. The standard InChI is InChI=1S/C14H18N4O5S2/c19-13(18-4-3-15-14(18)20)10-24-12-2-1-11(9-16-12)25(21,22)17-5-7-23-8-6-17/h1-2,9H,3-8,10H2,(H,15,20). The van der Waals surface area contributed by atoms with Crippen molar-refractivity contribution >= 4 is 33.7 Å². The van der Waals surface area contributed by atoms with Crippen LogP contribution < -0.4 is 5.32 Å². The van der Waals surface area contributed by atoms with Crippen LogP contribution in [0.3, 0.4) is 0 Å². The minimum atomic E-state index is -3.58. The van der Waals surface area contributed by atoms with Crippen molar-refractivity contribution in [1.29, 1.82) is 0 Å². The van der Waals surface area contributed by atoms with Gasteiger partial charge in [0.25, 0.3) is 0 Å². The lowest BCUT2D eigenvalue weighted by molar-refractivity contribution is -0.124. The van der Waals surface area contributed by atoms with E-state index in [0.717, 1.165) is 16.7 Å². The highest BCUT2D eigenvalue weighted by Gasteiger charge is 2.27. The summed E-state index contributed by atoms with van der Waals surface area (Å²) in [4.78, 5) is 28.8. The SMILES string of the molecule is O=C(CSc1ccc(S(=O)(=O)N2CCOCC2)cn1)N1CCNC1=O. The number of carbonyl (C=O) groups excluding carboxylic acids is 2. The second-order valence-corrected chi connectivity index (χ2v) is 8.35. The zero-order chi connectivity index (χ0) is 17.9. The summed E-state index contributed by atoms with van der Waals surface area (Å²) in [5, 5.41) is 3.09. The fourth-order valence-electron chi connectivity index (χ4n) is 2.46. The molecule has 2 saturated heterocycles. The molecule has 0 atom stereocenters. The predicted molar refractivity (Wildman–Crippen MR) is 89.7 cm³/mol. The number of carbonyl (C=O) groups is 2. The van der Waals surface area contributed by atoms with Crippen LogP contribution in [0, 0.1) is 0 Å². The maximum absolute atomic E-state index is 12.5. The fraction of sp³-hybridized carbons (Fsp3) is 0.500. The van der Waals surface area contributed by atoms with Crippen LogP contribution in [0.5, 0.6) is 0 Å². The van der Waals surface area contributed by atoms with Crippen molar-refractivity contribution in [3.8, 4) is 0 Å². The van der Waals surface area contributed by atoms with Gasteiger partial charge in [0.2, 0.25) is 15.9 Å². The topological polar surface area (TPSA) is 109 Å². The van der Waals surface area contributed by atoms with Gasteiger partial charge in [-0.1, -0.05) is 11.8 Å². The molecular weight excluding hydrogens is 368 g/mol. The van der Waals surface area contributed by atoms with E-state index in [1.807, 2.05) is 0 Å². The number of nitrogens with one attached hydrogen (secondary N) is 1. The maximum Gasteiger partial charge on any atom is 0.324 e. The Kier molecular flexibility index (Phi) is 5.57. The quantitative estimate of drug-likeness (QED) is 0.695. The predicted octanol–water partition coefficient (Wildman–Crippen LogP) is -0.254. The fourth-order valence-corrected chi connectivity index (χ4v) is 4.54. The summed E-state index contributed by atoms with van der Waals surface area (Å²) in [6.07, 6.45) is 1.29. The number of ether oxygens (including phenoxy) is 1. The molecule has 0 unspecified atom stereocenters. The summed E-state index contributed by atoms with van der Waals surface area (Å²) in [5.41, 5.74) is 0. The van der Waals surface area contributed by atoms with Crippen molar-refractivity contribution in [1.82, 2.24) is 19.5 Å². The van der Waals surface area contributed by atoms with E-state index < -0.39 is 10.0 Å². The lowest BCUT2D eigenvalue weighted by atomic mass is 10.5. The van der Waals surface area contributed by atoms with E-state index in [1.54, 1.807) is 6.07 Å². The Balaban J connectivity index is 1.60. The average molecular weight is 386 g/mol. The lowest BCUT2D eigenvalue weighted by Gasteiger charge is -2.25. The molecule has 0 aliphatic carbocycles. The molecule has 0 saturated carbocycles. The first-order chi connectivity index (χ1) is 12.0. The third-order valence-electron chi connectivity index (χ3n) is 3.82. The molecule has 0 aromatic carbocycles. The molecule has 0 spiro atoms. The molecule has 3 amide bonds. The summed E-state index contributed by atoms with van der Waals surface area (Å²) in [5.74, 6) is -0.234. The number of hydrogen-bond donors (Lipinski definition) is 1. The number of sulfonamides is 1. The average Bonchev–Trinajstić information content (AvgIpc) is 3.07. The Morgan fingerprint density at radius 1 is 1.28 bits per heavy atom. The molecule has 25 heavy (non-hydrogen) atoms. The number of imide groups is 1. The van der Waals surface area contributed by atoms with Gasteiger partial charge in [0.05, 0.1) is 24.0 Å². The highest BCUT2D eigenvalue weighted by atomic mass is 32.2. The van der Waals surface area contributed by atoms with Crippen LogP contribution in [0.25, 0.3) is 0 Å². The molecule has 2 aliphatic heterocycles. The molecule has 1 aromatic rings. The third-order valence-corrected chi connectivity index (χ3v) is 6.63. The van der Waals surface area contributed by atoms with Crippen LogP contribution in [0.4, 0.5) is 4.79 Å². The van der Waals surface area contributed by atoms with E-state index in [2.05, 4.69) is 10.3 Å². The second-order valence-electron chi connectivity index (χ2n) is 5.41. The summed E-state index contributed by atoms with van der Waals surface area (Å²) in [6.45, 7) is 2.24. The van der Waals surface area contributed by atoms with Gasteiger partial charge in [-0.3, -0.25) is 9.69 Å². The number of amides is 3. The van der Waals surface area contributed by atoms with Crippen molar-refractivity contribution in [2.24, 2.45) is 0 Å². The third kappa shape index (κ3) is 4.11. The molecule has 2 fully saturated rings. The second kappa shape index (κ2) is 7.68. The summed E-state index contributed by atoms with van der Waals surface area (Å²) in [6, 6.07) is 2.66.